The minimum Gasteiger partial charge on any atom is -0.308 e. The number of carbonyl (C=O) groups excluding carboxylic acids is 1. The molecule has 1 amide bonds. The number of hydrogen-bond acceptors (Lipinski definition) is 4. The molecule has 0 saturated heterocycles. The van der Waals surface area contributed by atoms with Gasteiger partial charge in [-0.25, -0.2) is 9.37 Å². The van der Waals surface area contributed by atoms with Crippen molar-refractivity contribution >= 4 is 55.8 Å². The largest absolute Gasteiger partial charge is 0.308 e. The number of aryl methyl sites for hydroxylation is 1. The van der Waals surface area contributed by atoms with Crippen molar-refractivity contribution in [3.05, 3.63) is 57.3 Å². The highest BCUT2D eigenvalue weighted by Crippen LogP contribution is 2.36. The quantitative estimate of drug-likeness (QED) is 0.559. The predicted octanol–water partition coefficient (Wildman–Crippen LogP) is 5.26. The molecule has 0 fully saturated rings. The Kier molecular flexibility index (Phi) is 6.01. The highest BCUT2D eigenvalue weighted by Gasteiger charge is 2.24. The molecule has 0 unspecified atom stereocenters. The standard InChI is InChI=1S/C19H18Cl2FN3OS/c1-11-4-7-14(20)17-16(11)23-19(27-17)25(9-8-24(2)3)18(26)13-6-5-12(22)10-15(13)21/h4-7,10H,8-9H2,1-3H3. The van der Waals surface area contributed by atoms with Crippen LogP contribution in [0.3, 0.4) is 0 Å². The van der Waals surface area contributed by atoms with Gasteiger partial charge in [0.05, 0.1) is 25.8 Å². The van der Waals surface area contributed by atoms with Gasteiger partial charge in [-0.05, 0) is 50.8 Å². The molecule has 0 spiro atoms. The molecular weight excluding hydrogens is 408 g/mol. The van der Waals surface area contributed by atoms with Crippen molar-refractivity contribution in [1.82, 2.24) is 9.88 Å². The molecular formula is C19H18Cl2FN3OS. The normalized spacial score (nSPS) is 11.4. The summed E-state index contributed by atoms with van der Waals surface area (Å²) in [5, 5.41) is 1.21. The van der Waals surface area contributed by atoms with Gasteiger partial charge in [0.15, 0.2) is 5.13 Å². The topological polar surface area (TPSA) is 36.4 Å². The van der Waals surface area contributed by atoms with Gasteiger partial charge in [-0.1, -0.05) is 40.6 Å². The second kappa shape index (κ2) is 8.10. The monoisotopic (exact) mass is 425 g/mol. The number of fused-ring (bicyclic) bond motifs is 1. The van der Waals surface area contributed by atoms with Gasteiger partial charge in [0, 0.05) is 13.1 Å². The fourth-order valence-corrected chi connectivity index (χ4v) is 4.19. The highest BCUT2D eigenvalue weighted by atomic mass is 35.5. The summed E-state index contributed by atoms with van der Waals surface area (Å²) < 4.78 is 14.2. The molecule has 2 aromatic carbocycles. The van der Waals surface area contributed by atoms with Crippen LogP contribution in [0.2, 0.25) is 10.0 Å². The van der Waals surface area contributed by atoms with E-state index in [2.05, 4.69) is 4.98 Å². The maximum absolute atomic E-state index is 13.4. The number of likely N-dealkylation sites (N-methyl/N-ethyl adjacent to an activating group) is 1. The first-order valence-electron chi connectivity index (χ1n) is 8.25. The summed E-state index contributed by atoms with van der Waals surface area (Å²) in [6.45, 7) is 2.99. The van der Waals surface area contributed by atoms with Gasteiger partial charge < -0.3 is 4.90 Å². The van der Waals surface area contributed by atoms with E-state index in [1.807, 2.05) is 38.1 Å². The lowest BCUT2D eigenvalue weighted by molar-refractivity contribution is 0.0985. The van der Waals surface area contributed by atoms with Crippen molar-refractivity contribution < 1.29 is 9.18 Å². The van der Waals surface area contributed by atoms with Crippen LogP contribution >= 0.6 is 34.5 Å². The van der Waals surface area contributed by atoms with Crippen LogP contribution in [0.1, 0.15) is 15.9 Å². The molecule has 4 nitrogen and oxygen atoms in total. The van der Waals surface area contributed by atoms with E-state index in [0.717, 1.165) is 21.8 Å². The first kappa shape index (κ1) is 20.0. The minimum atomic E-state index is -0.487. The SMILES string of the molecule is Cc1ccc(Cl)c2sc(N(CCN(C)C)C(=O)c3ccc(F)cc3Cl)nc12. The smallest absolute Gasteiger partial charge is 0.261 e. The van der Waals surface area contributed by atoms with Crippen LogP contribution in [0.15, 0.2) is 30.3 Å². The number of hydrogen-bond donors (Lipinski definition) is 0. The van der Waals surface area contributed by atoms with E-state index in [4.69, 9.17) is 23.2 Å². The van der Waals surface area contributed by atoms with E-state index in [0.29, 0.717) is 23.2 Å². The van der Waals surface area contributed by atoms with Crippen LogP contribution in [0.25, 0.3) is 10.2 Å². The predicted molar refractivity (Wildman–Crippen MR) is 111 cm³/mol. The Bertz CT molecular complexity index is 967. The number of thiazole rings is 1. The van der Waals surface area contributed by atoms with Crippen LogP contribution in [0.4, 0.5) is 9.52 Å². The highest BCUT2D eigenvalue weighted by molar-refractivity contribution is 7.23. The Hall–Kier alpha value is -1.73. The number of nitrogens with zero attached hydrogens (tertiary/aromatic N) is 3. The van der Waals surface area contributed by atoms with Crippen molar-refractivity contribution in [1.29, 1.82) is 0 Å². The average Bonchev–Trinajstić information content (AvgIpc) is 3.04. The molecule has 0 aliphatic carbocycles. The maximum Gasteiger partial charge on any atom is 0.261 e. The van der Waals surface area contributed by atoms with Crippen molar-refractivity contribution in [2.45, 2.75) is 6.92 Å². The molecule has 1 aromatic heterocycles. The number of benzene rings is 2. The fourth-order valence-electron chi connectivity index (χ4n) is 2.60. The van der Waals surface area contributed by atoms with Gasteiger partial charge in [0.2, 0.25) is 0 Å². The Morgan fingerprint density at radius 1 is 1.15 bits per heavy atom. The van der Waals surface area contributed by atoms with Gasteiger partial charge in [-0.3, -0.25) is 9.69 Å². The molecule has 142 valence electrons. The molecule has 27 heavy (non-hydrogen) atoms. The summed E-state index contributed by atoms with van der Waals surface area (Å²) in [6.07, 6.45) is 0. The summed E-state index contributed by atoms with van der Waals surface area (Å²) in [4.78, 5) is 21.4. The molecule has 0 atom stereocenters. The van der Waals surface area contributed by atoms with Crippen molar-refractivity contribution in [2.24, 2.45) is 0 Å². The third-order valence-corrected chi connectivity index (χ3v) is 5.95. The van der Waals surface area contributed by atoms with Gasteiger partial charge in [-0.15, -0.1) is 0 Å². The molecule has 0 saturated carbocycles. The number of aromatic nitrogens is 1. The molecule has 3 rings (SSSR count). The third kappa shape index (κ3) is 4.24. The Morgan fingerprint density at radius 2 is 1.89 bits per heavy atom. The lowest BCUT2D eigenvalue weighted by Gasteiger charge is -2.22. The van der Waals surface area contributed by atoms with E-state index in [1.54, 1.807) is 4.90 Å². The second-order valence-electron chi connectivity index (χ2n) is 6.42. The number of carbonyl (C=O) groups is 1. The van der Waals surface area contributed by atoms with E-state index in [1.165, 1.54) is 23.5 Å². The van der Waals surface area contributed by atoms with Crippen LogP contribution in [-0.4, -0.2) is 43.0 Å². The van der Waals surface area contributed by atoms with E-state index < -0.39 is 5.82 Å². The lowest BCUT2D eigenvalue weighted by atomic mass is 10.2. The zero-order chi connectivity index (χ0) is 19.7. The molecule has 0 aliphatic heterocycles. The lowest BCUT2D eigenvalue weighted by Crippen LogP contribution is -2.36. The zero-order valence-electron chi connectivity index (χ0n) is 15.1. The van der Waals surface area contributed by atoms with Crippen molar-refractivity contribution in [2.75, 3.05) is 32.1 Å². The third-order valence-electron chi connectivity index (χ3n) is 4.09. The number of halogens is 3. The van der Waals surface area contributed by atoms with Crippen molar-refractivity contribution in [3.63, 3.8) is 0 Å². The van der Waals surface area contributed by atoms with Crippen molar-refractivity contribution in [3.8, 4) is 0 Å². The van der Waals surface area contributed by atoms with E-state index >= 15 is 0 Å². The Balaban J connectivity index is 2.07. The molecule has 0 bridgehead atoms. The Labute approximate surface area is 171 Å². The molecule has 0 aliphatic rings. The Morgan fingerprint density at radius 3 is 2.52 bits per heavy atom. The second-order valence-corrected chi connectivity index (χ2v) is 8.21. The molecule has 3 aromatic rings. The van der Waals surface area contributed by atoms with Crippen LogP contribution in [-0.2, 0) is 0 Å². The zero-order valence-corrected chi connectivity index (χ0v) is 17.4. The van der Waals surface area contributed by atoms with Crippen LogP contribution in [0, 0.1) is 12.7 Å². The number of amides is 1. The fraction of sp³-hybridized carbons (Fsp3) is 0.263. The molecule has 8 heteroatoms. The maximum atomic E-state index is 13.4. The average molecular weight is 426 g/mol. The van der Waals surface area contributed by atoms with Gasteiger partial charge in [0.25, 0.3) is 5.91 Å². The van der Waals surface area contributed by atoms with Gasteiger partial charge in [0.1, 0.15) is 5.82 Å². The van der Waals surface area contributed by atoms with Gasteiger partial charge >= 0.3 is 0 Å². The van der Waals surface area contributed by atoms with Crippen LogP contribution in [0.5, 0.6) is 0 Å². The van der Waals surface area contributed by atoms with E-state index in [9.17, 15) is 9.18 Å². The van der Waals surface area contributed by atoms with Crippen LogP contribution < -0.4 is 4.90 Å². The number of anilines is 1. The minimum absolute atomic E-state index is 0.0742. The molecule has 1 heterocycles. The summed E-state index contributed by atoms with van der Waals surface area (Å²) >= 11 is 13.8. The summed E-state index contributed by atoms with van der Waals surface area (Å²) in [7, 11) is 3.85. The first-order chi connectivity index (χ1) is 12.8. The first-order valence-corrected chi connectivity index (χ1v) is 9.82. The molecule has 0 N–H and O–H groups in total. The molecule has 0 radical (unpaired) electrons. The number of rotatable bonds is 5. The summed E-state index contributed by atoms with van der Waals surface area (Å²) in [5.41, 5.74) is 1.99. The summed E-state index contributed by atoms with van der Waals surface area (Å²) in [6, 6.07) is 7.48. The van der Waals surface area contributed by atoms with Gasteiger partial charge in [-0.2, -0.15) is 0 Å². The summed E-state index contributed by atoms with van der Waals surface area (Å²) in [5.74, 6) is -0.812. The van der Waals surface area contributed by atoms with E-state index in [-0.39, 0.29) is 16.5 Å².